The van der Waals surface area contributed by atoms with E-state index >= 15 is 0 Å². The SMILES string of the molecule is COCCOc1cccc(C(=O)Nc2ccccc2C(=O)NCCN)c1. The Balaban J connectivity index is 2.10. The monoisotopic (exact) mass is 357 g/mol. The summed E-state index contributed by atoms with van der Waals surface area (Å²) in [5.74, 6) is -0.0482. The summed E-state index contributed by atoms with van der Waals surface area (Å²) in [6.45, 7) is 1.56. The molecule has 0 spiro atoms. The molecule has 0 bridgehead atoms. The highest BCUT2D eigenvalue weighted by atomic mass is 16.5. The maximum absolute atomic E-state index is 12.5. The molecule has 0 radical (unpaired) electrons. The molecule has 26 heavy (non-hydrogen) atoms. The lowest BCUT2D eigenvalue weighted by atomic mass is 10.1. The lowest BCUT2D eigenvalue weighted by Crippen LogP contribution is -2.30. The maximum Gasteiger partial charge on any atom is 0.255 e. The fourth-order valence-corrected chi connectivity index (χ4v) is 2.24. The third-order valence-corrected chi connectivity index (χ3v) is 3.50. The smallest absolute Gasteiger partial charge is 0.255 e. The number of hydrogen-bond donors (Lipinski definition) is 3. The van der Waals surface area contributed by atoms with Gasteiger partial charge in [0.05, 0.1) is 17.9 Å². The highest BCUT2D eigenvalue weighted by molar-refractivity contribution is 6.09. The van der Waals surface area contributed by atoms with E-state index < -0.39 is 0 Å². The summed E-state index contributed by atoms with van der Waals surface area (Å²) in [7, 11) is 1.59. The van der Waals surface area contributed by atoms with Gasteiger partial charge in [-0.1, -0.05) is 18.2 Å². The van der Waals surface area contributed by atoms with Gasteiger partial charge in [0.25, 0.3) is 11.8 Å². The van der Waals surface area contributed by atoms with Crippen LogP contribution in [0.5, 0.6) is 5.75 Å². The molecule has 0 saturated carbocycles. The van der Waals surface area contributed by atoms with Crippen LogP contribution in [0.1, 0.15) is 20.7 Å². The number of hydrogen-bond acceptors (Lipinski definition) is 5. The van der Waals surface area contributed by atoms with Gasteiger partial charge < -0.3 is 25.8 Å². The van der Waals surface area contributed by atoms with E-state index in [0.717, 1.165) is 0 Å². The quantitative estimate of drug-likeness (QED) is 0.592. The lowest BCUT2D eigenvalue weighted by Gasteiger charge is -2.12. The largest absolute Gasteiger partial charge is 0.491 e. The van der Waals surface area contributed by atoms with Crippen molar-refractivity contribution >= 4 is 17.5 Å². The van der Waals surface area contributed by atoms with Crippen molar-refractivity contribution in [2.45, 2.75) is 0 Å². The van der Waals surface area contributed by atoms with Crippen molar-refractivity contribution in [3.8, 4) is 5.75 Å². The molecule has 7 nitrogen and oxygen atoms in total. The van der Waals surface area contributed by atoms with Gasteiger partial charge in [-0.25, -0.2) is 0 Å². The van der Waals surface area contributed by atoms with E-state index in [1.807, 2.05) is 0 Å². The summed E-state index contributed by atoms with van der Waals surface area (Å²) in [6, 6.07) is 13.6. The lowest BCUT2D eigenvalue weighted by molar-refractivity contribution is 0.0955. The number of nitrogens with two attached hydrogens (primary N) is 1. The number of methoxy groups -OCH3 is 1. The van der Waals surface area contributed by atoms with Crippen LogP contribution in [0.15, 0.2) is 48.5 Å². The van der Waals surface area contributed by atoms with E-state index in [9.17, 15) is 9.59 Å². The Hall–Kier alpha value is -2.90. The van der Waals surface area contributed by atoms with Crippen molar-refractivity contribution in [1.29, 1.82) is 0 Å². The summed E-state index contributed by atoms with van der Waals surface area (Å²) in [5, 5.41) is 5.46. The van der Waals surface area contributed by atoms with Crippen LogP contribution >= 0.6 is 0 Å². The number of para-hydroxylation sites is 1. The van der Waals surface area contributed by atoms with Crippen LogP contribution in [0.2, 0.25) is 0 Å². The number of nitrogens with one attached hydrogen (secondary N) is 2. The number of rotatable bonds is 9. The Morgan fingerprint density at radius 1 is 1.04 bits per heavy atom. The first-order chi connectivity index (χ1) is 12.7. The van der Waals surface area contributed by atoms with Crippen molar-refractivity contribution in [2.75, 3.05) is 38.7 Å². The molecule has 0 atom stereocenters. The Morgan fingerprint density at radius 2 is 1.85 bits per heavy atom. The topological polar surface area (TPSA) is 103 Å². The predicted molar refractivity (Wildman–Crippen MR) is 99.6 cm³/mol. The molecule has 0 aliphatic rings. The first-order valence-corrected chi connectivity index (χ1v) is 8.26. The molecule has 2 rings (SSSR count). The number of carbonyl (C=O) groups excluding carboxylic acids is 2. The van der Waals surface area contributed by atoms with Gasteiger partial charge in [-0.3, -0.25) is 9.59 Å². The van der Waals surface area contributed by atoms with Crippen molar-refractivity contribution in [2.24, 2.45) is 5.73 Å². The molecule has 0 heterocycles. The van der Waals surface area contributed by atoms with Gasteiger partial charge in [-0.15, -0.1) is 0 Å². The van der Waals surface area contributed by atoms with Crippen molar-refractivity contribution in [3.63, 3.8) is 0 Å². The van der Waals surface area contributed by atoms with Gasteiger partial charge in [-0.05, 0) is 30.3 Å². The van der Waals surface area contributed by atoms with Gasteiger partial charge in [0.1, 0.15) is 12.4 Å². The molecule has 2 aromatic rings. The molecule has 0 aliphatic heterocycles. The van der Waals surface area contributed by atoms with Crippen LogP contribution in [-0.4, -0.2) is 45.2 Å². The molecule has 0 unspecified atom stereocenters. The molecule has 2 aromatic carbocycles. The van der Waals surface area contributed by atoms with E-state index in [4.69, 9.17) is 15.2 Å². The van der Waals surface area contributed by atoms with Crippen LogP contribution in [0.4, 0.5) is 5.69 Å². The number of carbonyl (C=O) groups is 2. The zero-order valence-electron chi connectivity index (χ0n) is 14.7. The van der Waals surface area contributed by atoms with E-state index in [-0.39, 0.29) is 11.8 Å². The van der Waals surface area contributed by atoms with E-state index in [0.29, 0.717) is 48.9 Å². The molecular weight excluding hydrogens is 334 g/mol. The zero-order valence-corrected chi connectivity index (χ0v) is 14.7. The highest BCUT2D eigenvalue weighted by Crippen LogP contribution is 2.18. The summed E-state index contributed by atoms with van der Waals surface area (Å²) in [6.07, 6.45) is 0. The molecule has 7 heteroatoms. The summed E-state index contributed by atoms with van der Waals surface area (Å²) in [4.78, 5) is 24.7. The minimum absolute atomic E-state index is 0.289. The number of anilines is 1. The van der Waals surface area contributed by atoms with Crippen molar-refractivity contribution in [3.05, 3.63) is 59.7 Å². The van der Waals surface area contributed by atoms with Crippen LogP contribution in [0.3, 0.4) is 0 Å². The maximum atomic E-state index is 12.5. The number of benzene rings is 2. The van der Waals surface area contributed by atoms with Crippen molar-refractivity contribution < 1.29 is 19.1 Å². The third-order valence-electron chi connectivity index (χ3n) is 3.50. The zero-order chi connectivity index (χ0) is 18.8. The summed E-state index contributed by atoms with van der Waals surface area (Å²) >= 11 is 0. The minimum atomic E-state index is -0.332. The fourth-order valence-electron chi connectivity index (χ4n) is 2.24. The number of ether oxygens (including phenoxy) is 2. The van der Waals surface area contributed by atoms with E-state index in [1.165, 1.54) is 0 Å². The molecule has 2 amide bonds. The fraction of sp³-hybridized carbons (Fsp3) is 0.263. The normalized spacial score (nSPS) is 10.2. The Morgan fingerprint density at radius 3 is 2.62 bits per heavy atom. The molecule has 4 N–H and O–H groups in total. The second kappa shape index (κ2) is 10.2. The second-order valence-electron chi connectivity index (χ2n) is 5.41. The standard InChI is InChI=1S/C19H23N3O4/c1-25-11-12-26-15-6-4-5-14(13-15)18(23)22-17-8-3-2-7-16(17)19(24)21-10-9-20/h2-8,13H,9-12,20H2,1H3,(H,21,24)(H,22,23). The third kappa shape index (κ3) is 5.58. The summed E-state index contributed by atoms with van der Waals surface area (Å²) in [5.41, 5.74) is 6.64. The average molecular weight is 357 g/mol. The van der Waals surface area contributed by atoms with Crippen LogP contribution in [0, 0.1) is 0 Å². The van der Waals surface area contributed by atoms with Crippen molar-refractivity contribution in [1.82, 2.24) is 5.32 Å². The van der Waals surface area contributed by atoms with Crippen LogP contribution < -0.4 is 21.1 Å². The Bertz CT molecular complexity index is 749. The van der Waals surface area contributed by atoms with Gasteiger partial charge in [0.15, 0.2) is 0 Å². The first-order valence-electron chi connectivity index (χ1n) is 8.26. The summed E-state index contributed by atoms with van der Waals surface area (Å²) < 4.78 is 10.4. The van der Waals surface area contributed by atoms with Gasteiger partial charge >= 0.3 is 0 Å². The van der Waals surface area contributed by atoms with Crippen LogP contribution in [0.25, 0.3) is 0 Å². The van der Waals surface area contributed by atoms with Crippen LogP contribution in [-0.2, 0) is 4.74 Å². The average Bonchev–Trinajstić information content (AvgIpc) is 2.67. The molecule has 0 saturated heterocycles. The molecule has 138 valence electrons. The second-order valence-corrected chi connectivity index (χ2v) is 5.41. The molecule has 0 aromatic heterocycles. The van der Waals surface area contributed by atoms with Gasteiger partial charge in [0, 0.05) is 25.8 Å². The Kier molecular flexibility index (Phi) is 7.60. The number of amides is 2. The van der Waals surface area contributed by atoms with E-state index in [2.05, 4.69) is 10.6 Å². The molecule has 0 fully saturated rings. The van der Waals surface area contributed by atoms with Gasteiger partial charge in [-0.2, -0.15) is 0 Å². The highest BCUT2D eigenvalue weighted by Gasteiger charge is 2.14. The van der Waals surface area contributed by atoms with E-state index in [1.54, 1.807) is 55.6 Å². The molecular formula is C19H23N3O4. The molecule has 0 aliphatic carbocycles. The Labute approximate surface area is 152 Å². The van der Waals surface area contributed by atoms with Gasteiger partial charge in [0.2, 0.25) is 0 Å². The predicted octanol–water partition coefficient (Wildman–Crippen LogP) is 1.65. The minimum Gasteiger partial charge on any atom is -0.491 e. The first kappa shape index (κ1) is 19.4.